The molecule has 0 bridgehead atoms. The molecule has 26 heavy (non-hydrogen) atoms. The van der Waals surface area contributed by atoms with Gasteiger partial charge in [-0.3, -0.25) is 0 Å². The summed E-state index contributed by atoms with van der Waals surface area (Å²) in [6.07, 6.45) is 0. The molecule has 0 aliphatic carbocycles. The number of aryl methyl sites for hydroxylation is 1. The average Bonchev–Trinajstić information content (AvgIpc) is 2.96. The number of methoxy groups -OCH3 is 1. The van der Waals surface area contributed by atoms with Crippen molar-refractivity contribution in [3.8, 4) is 17.6 Å². The van der Waals surface area contributed by atoms with Crippen LogP contribution in [0, 0.1) is 18.3 Å². The summed E-state index contributed by atoms with van der Waals surface area (Å²) in [5.41, 5.74) is 7.53. The number of ether oxygens (including phenoxy) is 3. The third-order valence-corrected chi connectivity index (χ3v) is 5.28. The van der Waals surface area contributed by atoms with Gasteiger partial charge in [0.05, 0.1) is 24.5 Å². The van der Waals surface area contributed by atoms with Crippen molar-refractivity contribution in [1.29, 1.82) is 5.26 Å². The van der Waals surface area contributed by atoms with E-state index in [9.17, 15) is 10.1 Å². The van der Waals surface area contributed by atoms with Crippen molar-refractivity contribution in [2.45, 2.75) is 19.8 Å². The Morgan fingerprint density at radius 3 is 2.65 bits per heavy atom. The number of nitrogens with two attached hydrogens (primary N) is 1. The second kappa shape index (κ2) is 7.10. The van der Waals surface area contributed by atoms with Crippen molar-refractivity contribution in [3.05, 3.63) is 56.6 Å². The lowest BCUT2D eigenvalue weighted by Gasteiger charge is -2.24. The number of rotatable bonds is 4. The monoisotopic (exact) mass is 370 g/mol. The second-order valence-electron chi connectivity index (χ2n) is 5.65. The van der Waals surface area contributed by atoms with Crippen LogP contribution in [0.15, 0.2) is 35.7 Å². The Balaban J connectivity index is 2.15. The molecule has 7 heteroatoms. The number of benzene rings is 1. The van der Waals surface area contributed by atoms with E-state index >= 15 is 0 Å². The summed E-state index contributed by atoms with van der Waals surface area (Å²) < 4.78 is 16.0. The maximum Gasteiger partial charge on any atom is 0.342 e. The Kier molecular flexibility index (Phi) is 4.87. The van der Waals surface area contributed by atoms with Crippen LogP contribution in [0.4, 0.5) is 0 Å². The minimum Gasteiger partial charge on any atom is -0.494 e. The highest BCUT2D eigenvalue weighted by atomic mass is 32.1. The predicted molar refractivity (Wildman–Crippen MR) is 97.3 cm³/mol. The van der Waals surface area contributed by atoms with Gasteiger partial charge in [0.25, 0.3) is 0 Å². The lowest BCUT2D eigenvalue weighted by Crippen LogP contribution is -2.21. The third kappa shape index (κ3) is 2.89. The first-order chi connectivity index (χ1) is 12.5. The fourth-order valence-electron chi connectivity index (χ4n) is 2.97. The van der Waals surface area contributed by atoms with Gasteiger partial charge in [0.15, 0.2) is 5.75 Å². The Morgan fingerprint density at radius 1 is 1.38 bits per heavy atom. The molecule has 2 aromatic rings. The van der Waals surface area contributed by atoms with Crippen LogP contribution in [-0.2, 0) is 4.74 Å². The van der Waals surface area contributed by atoms with Crippen molar-refractivity contribution in [3.63, 3.8) is 0 Å². The number of fused-ring (bicyclic) bond motifs is 1. The van der Waals surface area contributed by atoms with Gasteiger partial charge in [-0.05, 0) is 31.5 Å². The number of hydrogen-bond acceptors (Lipinski definition) is 7. The topological polar surface area (TPSA) is 94.6 Å². The van der Waals surface area contributed by atoms with Crippen molar-refractivity contribution in [2.24, 2.45) is 5.73 Å². The Bertz CT molecular complexity index is 922. The standard InChI is InChI=1S/C19H18N2O4S/c1-4-24-12-7-5-11(6-8-12)15-13(9-20)18(21)25-16-14(19(22)23-3)10(2)26-17(15)16/h5-8,15H,4,21H2,1-3H3/t15-/m1/s1. The van der Waals surface area contributed by atoms with Crippen LogP contribution < -0.4 is 15.2 Å². The molecule has 0 saturated heterocycles. The minimum atomic E-state index is -0.487. The van der Waals surface area contributed by atoms with Crippen molar-refractivity contribution < 1.29 is 19.0 Å². The maximum atomic E-state index is 12.2. The molecule has 0 radical (unpaired) electrons. The summed E-state index contributed by atoms with van der Waals surface area (Å²) in [4.78, 5) is 13.7. The first kappa shape index (κ1) is 17.8. The lowest BCUT2D eigenvalue weighted by atomic mass is 9.88. The van der Waals surface area contributed by atoms with Crippen LogP contribution in [0.25, 0.3) is 0 Å². The predicted octanol–water partition coefficient (Wildman–Crippen LogP) is 3.46. The van der Waals surface area contributed by atoms with E-state index in [1.165, 1.54) is 18.4 Å². The molecule has 0 saturated carbocycles. The highest BCUT2D eigenvalue weighted by Gasteiger charge is 2.37. The van der Waals surface area contributed by atoms with E-state index < -0.39 is 11.9 Å². The Morgan fingerprint density at radius 2 is 2.08 bits per heavy atom. The van der Waals surface area contributed by atoms with E-state index in [2.05, 4.69) is 6.07 Å². The molecule has 6 nitrogen and oxygen atoms in total. The number of thiophene rings is 1. The second-order valence-corrected chi connectivity index (χ2v) is 6.90. The number of carbonyl (C=O) groups excluding carboxylic acids is 1. The molecule has 1 aliphatic heterocycles. The van der Waals surface area contributed by atoms with Gasteiger partial charge < -0.3 is 19.9 Å². The fourth-order valence-corrected chi connectivity index (χ4v) is 4.19. The number of carbonyl (C=O) groups is 1. The highest BCUT2D eigenvalue weighted by molar-refractivity contribution is 7.12. The summed E-state index contributed by atoms with van der Waals surface area (Å²) in [6, 6.07) is 9.62. The fraction of sp³-hybridized carbons (Fsp3) is 0.263. The van der Waals surface area contributed by atoms with Crippen LogP contribution in [-0.4, -0.2) is 19.7 Å². The summed E-state index contributed by atoms with van der Waals surface area (Å²) >= 11 is 1.40. The van der Waals surface area contributed by atoms with Crippen LogP contribution >= 0.6 is 11.3 Å². The molecule has 0 fully saturated rings. The van der Waals surface area contributed by atoms with Crippen LogP contribution in [0.3, 0.4) is 0 Å². The van der Waals surface area contributed by atoms with Gasteiger partial charge in [0.2, 0.25) is 5.88 Å². The van der Waals surface area contributed by atoms with Gasteiger partial charge in [-0.2, -0.15) is 5.26 Å². The minimum absolute atomic E-state index is 0.00170. The lowest BCUT2D eigenvalue weighted by molar-refractivity contribution is 0.0597. The molecule has 3 rings (SSSR count). The molecular formula is C19H18N2O4S. The third-order valence-electron chi connectivity index (χ3n) is 4.13. The summed E-state index contributed by atoms with van der Waals surface area (Å²) in [7, 11) is 1.32. The number of nitrogens with zero attached hydrogens (tertiary/aromatic N) is 1. The molecule has 2 N–H and O–H groups in total. The van der Waals surface area contributed by atoms with Crippen LogP contribution in [0.2, 0.25) is 0 Å². The first-order valence-electron chi connectivity index (χ1n) is 8.03. The van der Waals surface area contributed by atoms with Crippen molar-refractivity contribution in [1.82, 2.24) is 0 Å². The maximum absolute atomic E-state index is 12.2. The molecule has 1 atom stereocenters. The van der Waals surface area contributed by atoms with Crippen molar-refractivity contribution >= 4 is 17.3 Å². The molecule has 1 aromatic carbocycles. The number of esters is 1. The molecule has 0 amide bonds. The van der Waals surface area contributed by atoms with E-state index in [1.807, 2.05) is 38.1 Å². The van der Waals surface area contributed by atoms with E-state index in [4.69, 9.17) is 19.9 Å². The normalized spacial score (nSPS) is 15.7. The highest BCUT2D eigenvalue weighted by Crippen LogP contribution is 2.49. The summed E-state index contributed by atoms with van der Waals surface area (Å²) in [6.45, 7) is 4.30. The molecular weight excluding hydrogens is 352 g/mol. The van der Waals surface area contributed by atoms with Gasteiger partial charge in [-0.1, -0.05) is 12.1 Å². The van der Waals surface area contributed by atoms with Crippen molar-refractivity contribution in [2.75, 3.05) is 13.7 Å². The van der Waals surface area contributed by atoms with Gasteiger partial charge in [0, 0.05) is 4.88 Å². The molecule has 2 heterocycles. The van der Waals surface area contributed by atoms with Crippen LogP contribution in [0.5, 0.6) is 11.5 Å². The van der Waals surface area contributed by atoms with Gasteiger partial charge in [-0.25, -0.2) is 4.79 Å². The zero-order chi connectivity index (χ0) is 18.8. The Labute approximate surface area is 155 Å². The largest absolute Gasteiger partial charge is 0.494 e. The SMILES string of the molecule is CCOc1ccc([C@@H]2C(C#N)=C(N)Oc3c2sc(C)c3C(=O)OC)cc1. The number of allylic oxidation sites excluding steroid dienone is 1. The smallest absolute Gasteiger partial charge is 0.342 e. The average molecular weight is 370 g/mol. The zero-order valence-electron chi connectivity index (χ0n) is 14.7. The summed E-state index contributed by atoms with van der Waals surface area (Å²) in [5.74, 6) is 0.230. The molecule has 0 unspecified atom stereocenters. The Hall–Kier alpha value is -2.98. The van der Waals surface area contributed by atoms with E-state index in [1.54, 1.807) is 0 Å². The summed E-state index contributed by atoms with van der Waals surface area (Å²) in [5, 5.41) is 9.61. The van der Waals surface area contributed by atoms with E-state index in [0.29, 0.717) is 23.5 Å². The number of nitriles is 1. The van der Waals surface area contributed by atoms with Gasteiger partial charge in [-0.15, -0.1) is 11.3 Å². The molecule has 134 valence electrons. The first-order valence-corrected chi connectivity index (χ1v) is 8.85. The van der Waals surface area contributed by atoms with Crippen LogP contribution in [0.1, 0.15) is 38.5 Å². The molecule has 1 aromatic heterocycles. The van der Waals surface area contributed by atoms with Gasteiger partial charge in [0.1, 0.15) is 23.0 Å². The quantitative estimate of drug-likeness (QED) is 0.828. The number of hydrogen-bond donors (Lipinski definition) is 1. The molecule has 0 spiro atoms. The zero-order valence-corrected chi connectivity index (χ0v) is 15.5. The van der Waals surface area contributed by atoms with Gasteiger partial charge >= 0.3 is 5.97 Å². The van der Waals surface area contributed by atoms with E-state index in [-0.39, 0.29) is 5.88 Å². The molecule has 1 aliphatic rings. The van der Waals surface area contributed by atoms with E-state index in [0.717, 1.165) is 21.1 Å².